The van der Waals surface area contributed by atoms with Crippen LogP contribution < -0.4 is 0 Å². The summed E-state index contributed by atoms with van der Waals surface area (Å²) in [6, 6.07) is 0. The van der Waals surface area contributed by atoms with E-state index in [2.05, 4.69) is 4.74 Å². The Morgan fingerprint density at radius 2 is 2.09 bits per heavy atom. The highest BCUT2D eigenvalue weighted by Crippen LogP contribution is 2.06. The van der Waals surface area contributed by atoms with Crippen LogP contribution in [0.3, 0.4) is 0 Å². The van der Waals surface area contributed by atoms with Crippen molar-refractivity contribution in [2.45, 2.75) is 25.1 Å². The van der Waals surface area contributed by atoms with Gasteiger partial charge in [-0.3, -0.25) is 9.59 Å². The normalized spacial score (nSPS) is 12.3. The average molecular weight is 179 g/mol. The molecule has 0 saturated heterocycles. The standard InChI is InChI=1S/C7H11ClO3/c1-5(9)6(8)3-4-7(10)11-2/h6H,3-4H2,1-2H3. The summed E-state index contributed by atoms with van der Waals surface area (Å²) < 4.78 is 4.37. The van der Waals surface area contributed by atoms with Gasteiger partial charge >= 0.3 is 5.97 Å². The Hall–Kier alpha value is -0.570. The van der Waals surface area contributed by atoms with Crippen LogP contribution in [-0.2, 0) is 14.3 Å². The first-order chi connectivity index (χ1) is 5.07. The Balaban J connectivity index is 3.54. The van der Waals surface area contributed by atoms with E-state index in [0.717, 1.165) is 0 Å². The first kappa shape index (κ1) is 10.4. The Morgan fingerprint density at radius 3 is 2.45 bits per heavy atom. The maximum absolute atomic E-state index is 10.6. The summed E-state index contributed by atoms with van der Waals surface area (Å²) in [5.41, 5.74) is 0. The van der Waals surface area contributed by atoms with Crippen molar-refractivity contribution >= 4 is 23.4 Å². The molecule has 4 heteroatoms. The second kappa shape index (κ2) is 5.13. The molecule has 64 valence electrons. The van der Waals surface area contributed by atoms with Gasteiger partial charge < -0.3 is 4.74 Å². The van der Waals surface area contributed by atoms with Crippen LogP contribution in [0.1, 0.15) is 19.8 Å². The minimum atomic E-state index is -0.561. The quantitative estimate of drug-likeness (QED) is 0.479. The third kappa shape index (κ3) is 4.79. The highest BCUT2D eigenvalue weighted by atomic mass is 35.5. The van der Waals surface area contributed by atoms with Crippen LogP contribution >= 0.6 is 11.6 Å². The molecule has 0 aromatic carbocycles. The predicted octanol–water partition coefficient (Wildman–Crippen LogP) is 1.14. The lowest BCUT2D eigenvalue weighted by Crippen LogP contribution is -2.12. The first-order valence-electron chi connectivity index (χ1n) is 3.29. The molecule has 0 fully saturated rings. The molecule has 0 bridgehead atoms. The minimum Gasteiger partial charge on any atom is -0.469 e. The van der Waals surface area contributed by atoms with E-state index < -0.39 is 5.38 Å². The van der Waals surface area contributed by atoms with Gasteiger partial charge in [0.05, 0.1) is 12.5 Å². The van der Waals surface area contributed by atoms with Gasteiger partial charge in [-0.15, -0.1) is 11.6 Å². The molecule has 0 aliphatic heterocycles. The topological polar surface area (TPSA) is 43.4 Å². The maximum Gasteiger partial charge on any atom is 0.305 e. The van der Waals surface area contributed by atoms with Crippen LogP contribution in [0.4, 0.5) is 0 Å². The number of carbonyl (C=O) groups is 2. The fourth-order valence-electron chi connectivity index (χ4n) is 0.550. The molecule has 0 aliphatic carbocycles. The lowest BCUT2D eigenvalue weighted by atomic mass is 10.2. The summed E-state index contributed by atoms with van der Waals surface area (Å²) in [4.78, 5) is 21.1. The van der Waals surface area contributed by atoms with Crippen LogP contribution in [0.25, 0.3) is 0 Å². The zero-order valence-electron chi connectivity index (χ0n) is 6.59. The fraction of sp³-hybridized carbons (Fsp3) is 0.714. The van der Waals surface area contributed by atoms with Gasteiger partial charge in [-0.2, -0.15) is 0 Å². The summed E-state index contributed by atoms with van der Waals surface area (Å²) in [7, 11) is 1.30. The Labute approximate surface area is 70.7 Å². The second-order valence-electron chi connectivity index (χ2n) is 2.19. The van der Waals surface area contributed by atoms with Gasteiger partial charge in [0.25, 0.3) is 0 Å². The van der Waals surface area contributed by atoms with Crippen LogP contribution in [0.15, 0.2) is 0 Å². The molecule has 3 nitrogen and oxygen atoms in total. The predicted molar refractivity (Wildman–Crippen MR) is 41.6 cm³/mol. The first-order valence-corrected chi connectivity index (χ1v) is 3.73. The highest BCUT2D eigenvalue weighted by molar-refractivity contribution is 6.30. The van der Waals surface area contributed by atoms with E-state index in [4.69, 9.17) is 11.6 Å². The number of esters is 1. The third-order valence-corrected chi connectivity index (χ3v) is 1.80. The van der Waals surface area contributed by atoms with Gasteiger partial charge in [-0.25, -0.2) is 0 Å². The maximum atomic E-state index is 10.6. The van der Waals surface area contributed by atoms with Crippen LogP contribution in [0.2, 0.25) is 0 Å². The number of hydrogen-bond donors (Lipinski definition) is 0. The van der Waals surface area contributed by atoms with Gasteiger partial charge in [0, 0.05) is 6.42 Å². The van der Waals surface area contributed by atoms with Crippen molar-refractivity contribution in [1.29, 1.82) is 0 Å². The number of rotatable bonds is 4. The lowest BCUT2D eigenvalue weighted by Gasteiger charge is -2.02. The average Bonchev–Trinajstić information content (AvgIpc) is 1.99. The molecule has 0 N–H and O–H groups in total. The molecule has 0 aliphatic rings. The van der Waals surface area contributed by atoms with Crippen molar-refractivity contribution in [2.75, 3.05) is 7.11 Å². The molecule has 11 heavy (non-hydrogen) atoms. The molecule has 0 aromatic rings. The monoisotopic (exact) mass is 178 g/mol. The summed E-state index contributed by atoms with van der Waals surface area (Å²) in [6.45, 7) is 1.40. The number of ketones is 1. The van der Waals surface area contributed by atoms with Crippen molar-refractivity contribution in [3.8, 4) is 0 Å². The van der Waals surface area contributed by atoms with E-state index in [1.54, 1.807) is 0 Å². The Bertz CT molecular complexity index is 156. The zero-order chi connectivity index (χ0) is 8.85. The second-order valence-corrected chi connectivity index (χ2v) is 2.72. The molecular weight excluding hydrogens is 168 g/mol. The SMILES string of the molecule is COC(=O)CCC(Cl)C(C)=O. The van der Waals surface area contributed by atoms with Crippen molar-refractivity contribution in [3.05, 3.63) is 0 Å². The van der Waals surface area contributed by atoms with E-state index in [-0.39, 0.29) is 18.2 Å². The van der Waals surface area contributed by atoms with Crippen molar-refractivity contribution in [1.82, 2.24) is 0 Å². The minimum absolute atomic E-state index is 0.115. The molecule has 0 aromatic heterocycles. The highest BCUT2D eigenvalue weighted by Gasteiger charge is 2.12. The number of methoxy groups -OCH3 is 1. The number of carbonyl (C=O) groups excluding carboxylic acids is 2. The molecule has 0 saturated carbocycles. The number of ether oxygens (including phenoxy) is 1. The Morgan fingerprint density at radius 1 is 1.55 bits per heavy atom. The summed E-state index contributed by atoms with van der Waals surface area (Å²) in [6.07, 6.45) is 0.549. The van der Waals surface area contributed by atoms with E-state index in [9.17, 15) is 9.59 Å². The summed E-state index contributed by atoms with van der Waals surface area (Å²) in [5.74, 6) is -0.451. The van der Waals surface area contributed by atoms with Gasteiger partial charge in [0.15, 0.2) is 0 Å². The van der Waals surface area contributed by atoms with Gasteiger partial charge in [0.2, 0.25) is 0 Å². The van der Waals surface area contributed by atoms with Crippen LogP contribution in [0.5, 0.6) is 0 Å². The van der Waals surface area contributed by atoms with E-state index >= 15 is 0 Å². The summed E-state index contributed by atoms with van der Waals surface area (Å²) >= 11 is 5.56. The molecule has 1 unspecified atom stereocenters. The van der Waals surface area contributed by atoms with Gasteiger partial charge in [-0.05, 0) is 13.3 Å². The summed E-state index contributed by atoms with van der Waals surface area (Å²) in [5, 5.41) is -0.561. The molecular formula is C7H11ClO3. The van der Waals surface area contributed by atoms with Crippen LogP contribution in [0, 0.1) is 0 Å². The smallest absolute Gasteiger partial charge is 0.305 e. The molecule has 0 rings (SSSR count). The number of halogens is 1. The molecule has 0 amide bonds. The van der Waals surface area contributed by atoms with Crippen molar-refractivity contribution in [2.24, 2.45) is 0 Å². The van der Waals surface area contributed by atoms with Crippen LogP contribution in [-0.4, -0.2) is 24.2 Å². The van der Waals surface area contributed by atoms with E-state index in [1.165, 1.54) is 14.0 Å². The van der Waals surface area contributed by atoms with Crippen molar-refractivity contribution < 1.29 is 14.3 Å². The molecule has 0 radical (unpaired) electrons. The largest absolute Gasteiger partial charge is 0.469 e. The number of Topliss-reactive ketones (excluding diaryl/α,β-unsaturated/α-hetero) is 1. The third-order valence-electron chi connectivity index (χ3n) is 1.27. The van der Waals surface area contributed by atoms with Crippen molar-refractivity contribution in [3.63, 3.8) is 0 Å². The Kier molecular flexibility index (Phi) is 4.86. The lowest BCUT2D eigenvalue weighted by molar-refractivity contribution is -0.140. The zero-order valence-corrected chi connectivity index (χ0v) is 7.35. The molecule has 0 spiro atoms. The van der Waals surface area contributed by atoms with Gasteiger partial charge in [0.1, 0.15) is 5.78 Å². The number of hydrogen-bond acceptors (Lipinski definition) is 3. The van der Waals surface area contributed by atoms with Gasteiger partial charge in [-0.1, -0.05) is 0 Å². The molecule has 0 heterocycles. The van der Waals surface area contributed by atoms with E-state index in [0.29, 0.717) is 6.42 Å². The molecule has 1 atom stereocenters. The number of alkyl halides is 1. The fourth-order valence-corrected chi connectivity index (χ4v) is 0.659. The van der Waals surface area contributed by atoms with E-state index in [1.807, 2.05) is 0 Å².